The molecule has 106 valence electrons. The lowest BCUT2D eigenvalue weighted by atomic mass is 9.96. The van der Waals surface area contributed by atoms with Crippen molar-refractivity contribution >= 4 is 26.9 Å². The Kier molecular flexibility index (Phi) is 2.68. The second-order valence-corrected chi connectivity index (χ2v) is 5.30. The van der Waals surface area contributed by atoms with Crippen LogP contribution in [0.2, 0.25) is 0 Å². The van der Waals surface area contributed by atoms with Crippen LogP contribution in [-0.4, -0.2) is 17.9 Å². The standard InChI is InChI=1S/C12H6BrF3O4/c13-5-1-2-6-7(3-5)20-10(17)8-9(6)19-4-11(8,18)12(14,15)16/h1-3,18H,4H2. The Balaban J connectivity index is 2.38. The van der Waals surface area contributed by atoms with E-state index in [2.05, 4.69) is 15.9 Å². The molecule has 1 N–H and O–H groups in total. The molecule has 8 heteroatoms. The maximum atomic E-state index is 12.9. The first-order valence-corrected chi connectivity index (χ1v) is 6.22. The lowest BCUT2D eigenvalue weighted by Crippen LogP contribution is -2.46. The average molecular weight is 351 g/mol. The van der Waals surface area contributed by atoms with E-state index in [9.17, 15) is 23.1 Å². The normalized spacial score (nSPS) is 21.9. The monoisotopic (exact) mass is 350 g/mol. The van der Waals surface area contributed by atoms with Gasteiger partial charge in [0.25, 0.3) is 0 Å². The number of rotatable bonds is 0. The van der Waals surface area contributed by atoms with Crippen molar-refractivity contribution in [2.75, 3.05) is 6.61 Å². The van der Waals surface area contributed by atoms with Crippen LogP contribution in [0.4, 0.5) is 13.2 Å². The maximum Gasteiger partial charge on any atom is 0.425 e. The van der Waals surface area contributed by atoms with Crippen molar-refractivity contribution in [1.82, 2.24) is 0 Å². The predicted molar refractivity (Wildman–Crippen MR) is 65.6 cm³/mol. The van der Waals surface area contributed by atoms with Crippen LogP contribution < -0.4 is 10.4 Å². The van der Waals surface area contributed by atoms with Gasteiger partial charge in [-0.3, -0.25) is 0 Å². The molecule has 1 unspecified atom stereocenters. The number of hydrogen-bond donors (Lipinski definition) is 1. The van der Waals surface area contributed by atoms with Crippen molar-refractivity contribution in [1.29, 1.82) is 0 Å². The third-order valence-electron chi connectivity index (χ3n) is 3.13. The number of halogens is 4. The first-order valence-electron chi connectivity index (χ1n) is 5.43. The average Bonchev–Trinajstić information content (AvgIpc) is 2.68. The minimum Gasteiger partial charge on any atom is -0.488 e. The first kappa shape index (κ1) is 13.4. The molecular weight excluding hydrogens is 345 g/mol. The Bertz CT molecular complexity index is 768. The van der Waals surface area contributed by atoms with Crippen LogP contribution in [0.25, 0.3) is 11.0 Å². The van der Waals surface area contributed by atoms with E-state index in [0.717, 1.165) is 0 Å². The van der Waals surface area contributed by atoms with E-state index in [0.29, 0.717) is 4.47 Å². The quantitative estimate of drug-likeness (QED) is 0.742. The third kappa shape index (κ3) is 1.68. The van der Waals surface area contributed by atoms with Gasteiger partial charge in [0.1, 0.15) is 23.5 Å². The molecule has 0 aliphatic carbocycles. The van der Waals surface area contributed by atoms with Crippen LogP contribution in [0.5, 0.6) is 5.75 Å². The molecular formula is C12H6BrF3O4. The van der Waals surface area contributed by atoms with Crippen LogP contribution in [-0.2, 0) is 5.60 Å². The van der Waals surface area contributed by atoms with Gasteiger partial charge in [0.2, 0.25) is 5.60 Å². The first-order chi connectivity index (χ1) is 9.24. The second-order valence-electron chi connectivity index (χ2n) is 4.38. The van der Waals surface area contributed by atoms with Crippen LogP contribution in [0.3, 0.4) is 0 Å². The molecule has 0 spiro atoms. The summed E-state index contributed by atoms with van der Waals surface area (Å²) in [5, 5.41) is 9.95. The zero-order chi connectivity index (χ0) is 14.7. The fourth-order valence-corrected chi connectivity index (χ4v) is 2.47. The fourth-order valence-electron chi connectivity index (χ4n) is 2.13. The van der Waals surface area contributed by atoms with Crippen LogP contribution >= 0.6 is 15.9 Å². The van der Waals surface area contributed by atoms with Crippen LogP contribution in [0, 0.1) is 0 Å². The number of benzene rings is 1. The van der Waals surface area contributed by atoms with Crippen molar-refractivity contribution in [2.24, 2.45) is 0 Å². The lowest BCUT2D eigenvalue weighted by molar-refractivity contribution is -0.268. The molecule has 3 rings (SSSR count). The number of alkyl halides is 3. The van der Waals surface area contributed by atoms with Crippen LogP contribution in [0.15, 0.2) is 31.9 Å². The molecule has 0 fully saturated rings. The maximum absolute atomic E-state index is 12.9. The summed E-state index contributed by atoms with van der Waals surface area (Å²) in [6, 6.07) is 4.45. The van der Waals surface area contributed by atoms with E-state index >= 15 is 0 Å². The second kappa shape index (κ2) is 3.98. The Hall–Kier alpha value is -1.54. The molecule has 1 aliphatic rings. The van der Waals surface area contributed by atoms with Gasteiger partial charge in [-0.15, -0.1) is 0 Å². The predicted octanol–water partition coefficient (Wildman–Crippen LogP) is 2.70. The molecule has 1 atom stereocenters. The Morgan fingerprint density at radius 3 is 2.70 bits per heavy atom. The third-order valence-corrected chi connectivity index (χ3v) is 3.62. The summed E-state index contributed by atoms with van der Waals surface area (Å²) in [6.07, 6.45) is -5.03. The summed E-state index contributed by atoms with van der Waals surface area (Å²) in [4.78, 5) is 11.8. The van der Waals surface area contributed by atoms with Crippen LogP contribution in [0.1, 0.15) is 5.56 Å². The minimum atomic E-state index is -5.03. The smallest absolute Gasteiger partial charge is 0.425 e. The van der Waals surface area contributed by atoms with Gasteiger partial charge >= 0.3 is 11.8 Å². The highest BCUT2D eigenvalue weighted by molar-refractivity contribution is 9.10. The van der Waals surface area contributed by atoms with Gasteiger partial charge < -0.3 is 14.3 Å². The van der Waals surface area contributed by atoms with Gasteiger partial charge in [0, 0.05) is 4.47 Å². The highest BCUT2D eigenvalue weighted by atomic mass is 79.9. The lowest BCUT2D eigenvalue weighted by Gasteiger charge is -2.23. The molecule has 2 heterocycles. The number of fused-ring (bicyclic) bond motifs is 3. The molecule has 0 amide bonds. The summed E-state index contributed by atoms with van der Waals surface area (Å²) >= 11 is 3.16. The molecule has 1 aromatic carbocycles. The molecule has 0 saturated carbocycles. The molecule has 1 aliphatic heterocycles. The Morgan fingerprint density at radius 2 is 2.05 bits per heavy atom. The molecule has 20 heavy (non-hydrogen) atoms. The summed E-state index contributed by atoms with van der Waals surface area (Å²) in [5.74, 6) is -0.288. The SMILES string of the molecule is O=c1oc2cc(Br)ccc2c2c1C(O)(C(F)(F)F)CO2. The van der Waals surface area contributed by atoms with Gasteiger partial charge in [-0.2, -0.15) is 13.2 Å². The number of aliphatic hydroxyl groups is 1. The van der Waals surface area contributed by atoms with Crippen molar-refractivity contribution in [3.8, 4) is 5.75 Å². The van der Waals surface area contributed by atoms with Crippen molar-refractivity contribution in [3.05, 3.63) is 38.7 Å². The van der Waals surface area contributed by atoms with Gasteiger partial charge in [-0.05, 0) is 18.2 Å². The van der Waals surface area contributed by atoms with Gasteiger partial charge in [-0.25, -0.2) is 4.79 Å². The Morgan fingerprint density at radius 1 is 1.35 bits per heavy atom. The zero-order valence-corrected chi connectivity index (χ0v) is 11.2. The zero-order valence-electron chi connectivity index (χ0n) is 9.62. The fraction of sp³-hybridized carbons (Fsp3) is 0.250. The molecule has 2 aromatic rings. The molecule has 0 radical (unpaired) electrons. The van der Waals surface area contributed by atoms with E-state index in [-0.39, 0.29) is 16.7 Å². The summed E-state index contributed by atoms with van der Waals surface area (Å²) < 4.78 is 49.2. The molecule has 1 aromatic heterocycles. The van der Waals surface area contributed by atoms with E-state index in [1.165, 1.54) is 12.1 Å². The van der Waals surface area contributed by atoms with Gasteiger partial charge in [0.15, 0.2) is 0 Å². The highest BCUT2D eigenvalue weighted by Gasteiger charge is 2.62. The molecule has 4 nitrogen and oxygen atoms in total. The van der Waals surface area contributed by atoms with E-state index in [4.69, 9.17) is 9.15 Å². The van der Waals surface area contributed by atoms with Gasteiger partial charge in [0.05, 0.1) is 5.39 Å². The topological polar surface area (TPSA) is 59.7 Å². The van der Waals surface area contributed by atoms with E-state index in [1.54, 1.807) is 6.07 Å². The Labute approximate surface area is 117 Å². The van der Waals surface area contributed by atoms with E-state index in [1.807, 2.05) is 0 Å². The summed E-state index contributed by atoms with van der Waals surface area (Å²) in [5.41, 5.74) is -5.43. The van der Waals surface area contributed by atoms with Crippen molar-refractivity contribution in [2.45, 2.75) is 11.8 Å². The largest absolute Gasteiger partial charge is 0.488 e. The minimum absolute atomic E-state index is 0.0783. The summed E-state index contributed by atoms with van der Waals surface area (Å²) in [7, 11) is 0. The number of ether oxygens (including phenoxy) is 1. The van der Waals surface area contributed by atoms with E-state index < -0.39 is 29.6 Å². The van der Waals surface area contributed by atoms with Crippen molar-refractivity contribution in [3.63, 3.8) is 0 Å². The molecule has 0 bridgehead atoms. The molecule has 0 saturated heterocycles. The van der Waals surface area contributed by atoms with Gasteiger partial charge in [-0.1, -0.05) is 15.9 Å². The highest BCUT2D eigenvalue weighted by Crippen LogP contribution is 2.48. The van der Waals surface area contributed by atoms with Crippen molar-refractivity contribution < 1.29 is 27.4 Å². The number of hydrogen-bond acceptors (Lipinski definition) is 4. The summed E-state index contributed by atoms with van der Waals surface area (Å²) in [6.45, 7) is -1.06.